The number of halogens is 5. The molecule has 2 N–H and O–H groups in total. The van der Waals surface area contributed by atoms with E-state index in [0.717, 1.165) is 0 Å². The lowest BCUT2D eigenvalue weighted by Gasteiger charge is -2.16. The summed E-state index contributed by atoms with van der Waals surface area (Å²) >= 11 is 9.56. The Hall–Kier alpha value is -3.03. The Labute approximate surface area is 216 Å². The van der Waals surface area contributed by atoms with Crippen molar-refractivity contribution in [2.24, 2.45) is 0 Å². The van der Waals surface area contributed by atoms with Gasteiger partial charge >= 0.3 is 21.5 Å². The quantitative estimate of drug-likeness (QED) is 0.258. The highest BCUT2D eigenvalue weighted by molar-refractivity contribution is 9.10. The third-order valence-corrected chi connectivity index (χ3v) is 7.64. The first-order valence-electron chi connectivity index (χ1n) is 10.2. The highest BCUT2D eigenvalue weighted by Crippen LogP contribution is 2.48. The zero-order chi connectivity index (χ0) is 26.4. The van der Waals surface area contributed by atoms with E-state index >= 15 is 0 Å². The van der Waals surface area contributed by atoms with Crippen LogP contribution in [0.25, 0.3) is 22.3 Å². The van der Waals surface area contributed by atoms with Gasteiger partial charge in [-0.2, -0.15) is 21.6 Å². The van der Waals surface area contributed by atoms with E-state index in [1.54, 1.807) is 17.7 Å². The maximum atomic E-state index is 13.1. The fourth-order valence-electron chi connectivity index (χ4n) is 3.91. The van der Waals surface area contributed by atoms with Gasteiger partial charge in [0, 0.05) is 27.6 Å². The standard InChI is InChI=1S/C22H16BrClF3N3O5S/c1-2-16-28-20(24)19(21(31)32)30(16)9-13-11-7-8-35-10-14(11)18(23)17(13)12-5-3-4-6-15(12)29-36(33,34)22(25,26)27/h3-8,10,29H,2,9H2,1H3,(H,31,32). The molecule has 36 heavy (non-hydrogen) atoms. The van der Waals surface area contributed by atoms with E-state index in [2.05, 4.69) is 20.9 Å². The molecule has 0 bridgehead atoms. The number of hydrogen-bond acceptors (Lipinski definition) is 5. The highest BCUT2D eigenvalue weighted by Gasteiger charge is 2.46. The molecule has 2 aliphatic rings. The number of anilines is 1. The van der Waals surface area contributed by atoms with Crippen LogP contribution < -0.4 is 4.72 Å². The molecule has 4 rings (SSSR count). The summed E-state index contributed by atoms with van der Waals surface area (Å²) in [5, 5.41) is 9.53. The lowest BCUT2D eigenvalue weighted by atomic mass is 10.0. The van der Waals surface area contributed by atoms with Crippen LogP contribution in [0.4, 0.5) is 18.9 Å². The second-order valence-electron chi connectivity index (χ2n) is 7.56. The van der Waals surface area contributed by atoms with Crippen LogP contribution in [0.5, 0.6) is 0 Å². The van der Waals surface area contributed by atoms with Crippen LogP contribution >= 0.6 is 27.5 Å². The lowest BCUT2D eigenvalue weighted by Crippen LogP contribution is -2.30. The molecule has 190 valence electrons. The van der Waals surface area contributed by atoms with Crippen molar-refractivity contribution in [1.82, 2.24) is 9.55 Å². The highest BCUT2D eigenvalue weighted by atomic mass is 79.9. The number of carbonyl (C=O) groups is 1. The van der Waals surface area contributed by atoms with Crippen LogP contribution in [0.3, 0.4) is 0 Å². The molecule has 1 aliphatic heterocycles. The molecule has 14 heteroatoms. The number of aromatic carboxylic acids is 1. The lowest BCUT2D eigenvalue weighted by molar-refractivity contribution is -0.0429. The molecule has 1 aromatic carbocycles. The smallest absolute Gasteiger partial charge is 0.476 e. The molecule has 0 radical (unpaired) electrons. The Kier molecular flexibility index (Phi) is 6.84. The predicted octanol–water partition coefficient (Wildman–Crippen LogP) is 6.23. The number of para-hydroxylation sites is 1. The van der Waals surface area contributed by atoms with E-state index in [1.807, 2.05) is 0 Å². The molecule has 1 aromatic heterocycles. The topological polar surface area (TPSA) is 114 Å². The molecular weight excluding hydrogens is 591 g/mol. The van der Waals surface area contributed by atoms with Gasteiger partial charge < -0.3 is 14.1 Å². The molecule has 2 heterocycles. The van der Waals surface area contributed by atoms with E-state index in [9.17, 15) is 31.5 Å². The molecule has 0 atom stereocenters. The van der Waals surface area contributed by atoms with Gasteiger partial charge in [-0.3, -0.25) is 4.72 Å². The van der Waals surface area contributed by atoms with Crippen molar-refractivity contribution in [3.63, 3.8) is 0 Å². The van der Waals surface area contributed by atoms with Gasteiger partial charge in [0.25, 0.3) is 0 Å². The Morgan fingerprint density at radius 3 is 2.56 bits per heavy atom. The molecule has 0 unspecified atom stereocenters. The van der Waals surface area contributed by atoms with Crippen molar-refractivity contribution in [2.45, 2.75) is 25.4 Å². The van der Waals surface area contributed by atoms with Gasteiger partial charge in [-0.25, -0.2) is 9.78 Å². The van der Waals surface area contributed by atoms with Gasteiger partial charge in [-0.1, -0.05) is 36.7 Å². The number of alkyl halides is 3. The number of aromatic nitrogens is 2. The van der Waals surface area contributed by atoms with Crippen molar-refractivity contribution in [3.05, 3.63) is 69.6 Å². The number of carboxylic acids is 1. The summed E-state index contributed by atoms with van der Waals surface area (Å²) in [6, 6.07) is 7.19. The summed E-state index contributed by atoms with van der Waals surface area (Å²) in [5.74, 6) is -0.933. The molecule has 0 saturated carbocycles. The first-order valence-corrected chi connectivity index (χ1v) is 12.9. The van der Waals surface area contributed by atoms with Crippen LogP contribution in [0, 0.1) is 0 Å². The van der Waals surface area contributed by atoms with Crippen molar-refractivity contribution in [2.75, 3.05) is 4.72 Å². The fourth-order valence-corrected chi connectivity index (χ4v) is 5.53. The van der Waals surface area contributed by atoms with Crippen LogP contribution in [0.2, 0.25) is 5.15 Å². The van der Waals surface area contributed by atoms with Gasteiger partial charge in [-0.05, 0) is 39.2 Å². The Morgan fingerprint density at radius 1 is 1.22 bits per heavy atom. The number of rotatable bonds is 7. The van der Waals surface area contributed by atoms with E-state index in [1.165, 1.54) is 41.4 Å². The van der Waals surface area contributed by atoms with Crippen LogP contribution in [-0.2, 0) is 23.0 Å². The zero-order valence-corrected chi connectivity index (χ0v) is 21.4. The maximum absolute atomic E-state index is 13.1. The zero-order valence-electron chi connectivity index (χ0n) is 18.2. The molecule has 0 spiro atoms. The van der Waals surface area contributed by atoms with Gasteiger partial charge in [-0.15, -0.1) is 0 Å². The van der Waals surface area contributed by atoms with Gasteiger partial charge in [0.2, 0.25) is 0 Å². The molecule has 0 saturated heterocycles. The van der Waals surface area contributed by atoms with E-state index in [-0.39, 0.29) is 28.6 Å². The number of benzene rings is 1. The normalized spacial score (nSPS) is 12.3. The average Bonchev–Trinajstić information content (AvgIpc) is 3.27. The summed E-state index contributed by atoms with van der Waals surface area (Å²) in [5.41, 5.74) is -4.01. The number of sulfonamides is 1. The number of hydrogen-bond donors (Lipinski definition) is 2. The van der Waals surface area contributed by atoms with Crippen molar-refractivity contribution in [1.29, 1.82) is 0 Å². The van der Waals surface area contributed by atoms with Gasteiger partial charge in [0.1, 0.15) is 5.82 Å². The monoisotopic (exact) mass is 605 g/mol. The third-order valence-electron chi connectivity index (χ3n) is 5.46. The first-order chi connectivity index (χ1) is 16.9. The predicted molar refractivity (Wildman–Crippen MR) is 130 cm³/mol. The summed E-state index contributed by atoms with van der Waals surface area (Å²) < 4.78 is 71.8. The minimum Gasteiger partial charge on any atom is -0.476 e. The molecule has 0 amide bonds. The minimum atomic E-state index is -5.72. The van der Waals surface area contributed by atoms with Crippen LogP contribution in [-0.4, -0.2) is 34.6 Å². The summed E-state index contributed by atoms with van der Waals surface area (Å²) in [7, 11) is -5.72. The van der Waals surface area contributed by atoms with Gasteiger partial charge in [0.05, 0.1) is 24.8 Å². The Bertz CT molecular complexity index is 1550. The largest absolute Gasteiger partial charge is 0.516 e. The second-order valence-corrected chi connectivity index (χ2v) is 10.4. The van der Waals surface area contributed by atoms with Crippen LogP contribution in [0.15, 0.2) is 51.7 Å². The fraction of sp³-hybridized carbons (Fsp3) is 0.182. The molecular formula is C22H16BrClF3N3O5S. The van der Waals surface area contributed by atoms with E-state index in [4.69, 9.17) is 16.0 Å². The minimum absolute atomic E-state index is 0.0771. The SMILES string of the molecule is CCc1nc(Cl)c(C(=O)O)n1Cc1c2ccocc-2c(Br)c1-c1ccccc1NS(=O)(=O)C(F)(F)F. The first kappa shape index (κ1) is 26.0. The third kappa shape index (κ3) is 4.46. The number of imidazole rings is 1. The van der Waals surface area contributed by atoms with Crippen molar-refractivity contribution >= 4 is 49.2 Å². The Balaban J connectivity index is 1.98. The molecule has 2 aromatic rings. The molecule has 8 nitrogen and oxygen atoms in total. The summed E-state index contributed by atoms with van der Waals surface area (Å²) in [6.45, 7) is 1.69. The van der Waals surface area contributed by atoms with Gasteiger partial charge in [0.15, 0.2) is 10.8 Å². The van der Waals surface area contributed by atoms with E-state index in [0.29, 0.717) is 39.0 Å². The molecule has 0 fully saturated rings. The van der Waals surface area contributed by atoms with E-state index < -0.39 is 21.5 Å². The van der Waals surface area contributed by atoms with Crippen molar-refractivity contribution in [3.8, 4) is 22.3 Å². The average molecular weight is 607 g/mol. The number of carboxylic acid groups (broad SMARTS) is 1. The Morgan fingerprint density at radius 2 is 1.92 bits per heavy atom. The number of nitrogens with zero attached hydrogens (tertiary/aromatic N) is 2. The van der Waals surface area contributed by atoms with Crippen LogP contribution in [0.1, 0.15) is 28.8 Å². The number of nitrogens with one attached hydrogen (secondary N) is 1. The van der Waals surface area contributed by atoms with Crippen molar-refractivity contribution < 1.29 is 35.9 Å². The number of aryl methyl sites for hydroxylation is 1. The molecule has 1 aliphatic carbocycles. The summed E-state index contributed by atoms with van der Waals surface area (Å²) in [6.07, 6.45) is 3.15. The number of fused-ring (bicyclic) bond motifs is 1. The second kappa shape index (κ2) is 9.45. The maximum Gasteiger partial charge on any atom is 0.516 e. The summed E-state index contributed by atoms with van der Waals surface area (Å²) in [4.78, 5) is 16.1.